The van der Waals surface area contributed by atoms with E-state index in [0.717, 1.165) is 18.4 Å². The van der Waals surface area contributed by atoms with Gasteiger partial charge in [-0.2, -0.15) is 0 Å². The van der Waals surface area contributed by atoms with Crippen LogP contribution in [0.5, 0.6) is 0 Å². The summed E-state index contributed by atoms with van der Waals surface area (Å²) in [6, 6.07) is 0. The van der Waals surface area contributed by atoms with Gasteiger partial charge in [-0.1, -0.05) is 49.5 Å². The Balaban J connectivity index is 1.85. The Morgan fingerprint density at radius 3 is 2.57 bits per heavy atom. The van der Waals surface area contributed by atoms with Gasteiger partial charge in [-0.05, 0) is 89.4 Å². The lowest BCUT2D eigenvalue weighted by Crippen LogP contribution is -2.27. The molecular weight excluding hydrogens is 372 g/mol. The van der Waals surface area contributed by atoms with E-state index in [9.17, 15) is 15.3 Å². The number of rotatable bonds is 7. The van der Waals surface area contributed by atoms with E-state index in [1.807, 2.05) is 0 Å². The van der Waals surface area contributed by atoms with Gasteiger partial charge in [-0.3, -0.25) is 0 Å². The lowest BCUT2D eigenvalue weighted by Gasteiger charge is -2.35. The summed E-state index contributed by atoms with van der Waals surface area (Å²) in [6.07, 6.45) is 13.7. The van der Waals surface area contributed by atoms with Crippen LogP contribution < -0.4 is 0 Å². The molecule has 2 aliphatic rings. The van der Waals surface area contributed by atoms with Gasteiger partial charge >= 0.3 is 0 Å². The summed E-state index contributed by atoms with van der Waals surface area (Å²) in [4.78, 5) is 0. The molecular formula is C27H44O3. The third-order valence-electron chi connectivity index (χ3n) is 7.13. The monoisotopic (exact) mass is 416 g/mol. The van der Waals surface area contributed by atoms with Crippen molar-refractivity contribution in [3.05, 3.63) is 23.3 Å². The van der Waals surface area contributed by atoms with Gasteiger partial charge in [-0.15, -0.1) is 5.92 Å². The molecule has 2 aliphatic carbocycles. The minimum atomic E-state index is -0.897. The van der Waals surface area contributed by atoms with Gasteiger partial charge in [0.05, 0.1) is 12.2 Å². The molecule has 3 unspecified atom stereocenters. The van der Waals surface area contributed by atoms with Crippen LogP contribution in [-0.2, 0) is 0 Å². The summed E-state index contributed by atoms with van der Waals surface area (Å²) in [5, 5.41) is 29.5. The molecule has 0 radical (unpaired) electrons. The summed E-state index contributed by atoms with van der Waals surface area (Å²) in [7, 11) is 0. The second kappa shape index (κ2) is 11.0. The molecule has 2 saturated carbocycles. The second-order valence-corrected chi connectivity index (χ2v) is 10.8. The number of aliphatic hydroxyl groups is 3. The molecule has 3 N–H and O–H groups in total. The van der Waals surface area contributed by atoms with E-state index in [4.69, 9.17) is 0 Å². The average molecular weight is 417 g/mol. The predicted molar refractivity (Wildman–Crippen MR) is 125 cm³/mol. The van der Waals surface area contributed by atoms with E-state index in [1.54, 1.807) is 13.8 Å². The molecule has 0 heterocycles. The maximum absolute atomic E-state index is 9.83. The van der Waals surface area contributed by atoms with E-state index in [1.165, 1.54) is 37.7 Å². The number of hydrogen-bond donors (Lipinski definition) is 3. The summed E-state index contributed by atoms with van der Waals surface area (Å²) >= 11 is 0. The van der Waals surface area contributed by atoms with Crippen LogP contribution in [0, 0.1) is 29.1 Å². The zero-order chi connectivity index (χ0) is 22.4. The summed E-state index contributed by atoms with van der Waals surface area (Å²) in [6.45, 7) is 10.5. The van der Waals surface area contributed by atoms with Gasteiger partial charge in [0.25, 0.3) is 0 Å². The molecule has 0 spiro atoms. The first-order valence-electron chi connectivity index (χ1n) is 11.9. The van der Waals surface area contributed by atoms with E-state index in [-0.39, 0.29) is 0 Å². The molecule has 5 atom stereocenters. The van der Waals surface area contributed by atoms with Gasteiger partial charge in [0, 0.05) is 6.42 Å². The van der Waals surface area contributed by atoms with Crippen LogP contribution in [0.1, 0.15) is 98.8 Å². The van der Waals surface area contributed by atoms with Crippen LogP contribution in [0.15, 0.2) is 23.3 Å². The Kier molecular flexibility index (Phi) is 9.22. The Morgan fingerprint density at radius 1 is 1.27 bits per heavy atom. The second-order valence-electron chi connectivity index (χ2n) is 10.8. The number of allylic oxidation sites excluding steroid dienone is 3. The number of hydrogen-bond acceptors (Lipinski definition) is 3. The van der Waals surface area contributed by atoms with E-state index < -0.39 is 17.8 Å². The molecule has 170 valence electrons. The molecule has 0 aliphatic heterocycles. The van der Waals surface area contributed by atoms with Crippen molar-refractivity contribution in [3.63, 3.8) is 0 Å². The van der Waals surface area contributed by atoms with Crippen LogP contribution in [0.4, 0.5) is 0 Å². The zero-order valence-corrected chi connectivity index (χ0v) is 19.9. The van der Waals surface area contributed by atoms with Crippen molar-refractivity contribution in [1.29, 1.82) is 0 Å². The Labute approximate surface area is 184 Å². The average Bonchev–Trinajstić information content (AvgIpc) is 3.00. The third kappa shape index (κ3) is 8.22. The molecule has 30 heavy (non-hydrogen) atoms. The van der Waals surface area contributed by atoms with E-state index >= 15 is 0 Å². The maximum Gasteiger partial charge on any atom is 0.119 e. The van der Waals surface area contributed by atoms with Gasteiger partial charge in [-0.25, -0.2) is 0 Å². The van der Waals surface area contributed by atoms with E-state index in [2.05, 4.69) is 44.8 Å². The number of aliphatic hydroxyl groups excluding tert-OH is 2. The predicted octanol–water partition coefficient (Wildman–Crippen LogP) is 5.54. The van der Waals surface area contributed by atoms with Crippen molar-refractivity contribution in [2.45, 2.75) is 117 Å². The van der Waals surface area contributed by atoms with Gasteiger partial charge in [0.2, 0.25) is 0 Å². The highest BCUT2D eigenvalue weighted by molar-refractivity contribution is 5.19. The largest absolute Gasteiger partial charge is 0.393 e. The van der Waals surface area contributed by atoms with Gasteiger partial charge in [0.1, 0.15) is 5.60 Å². The van der Waals surface area contributed by atoms with Crippen molar-refractivity contribution in [3.8, 4) is 11.8 Å². The summed E-state index contributed by atoms with van der Waals surface area (Å²) < 4.78 is 0. The molecule has 0 amide bonds. The van der Waals surface area contributed by atoms with Crippen LogP contribution in [0.25, 0.3) is 0 Å². The van der Waals surface area contributed by atoms with Gasteiger partial charge < -0.3 is 15.3 Å². The topological polar surface area (TPSA) is 60.7 Å². The Hall–Kier alpha value is -1.08. The van der Waals surface area contributed by atoms with Crippen molar-refractivity contribution in [1.82, 2.24) is 0 Å². The Morgan fingerprint density at radius 2 is 1.93 bits per heavy atom. The first-order valence-corrected chi connectivity index (χ1v) is 11.9. The van der Waals surface area contributed by atoms with Crippen molar-refractivity contribution in [2.75, 3.05) is 0 Å². The van der Waals surface area contributed by atoms with E-state index in [0.29, 0.717) is 36.5 Å². The van der Waals surface area contributed by atoms with Crippen LogP contribution in [0.2, 0.25) is 0 Å². The highest BCUT2D eigenvalue weighted by Gasteiger charge is 2.40. The molecule has 0 saturated heterocycles. The molecule has 0 aromatic heterocycles. The zero-order valence-electron chi connectivity index (χ0n) is 19.9. The van der Waals surface area contributed by atoms with Crippen LogP contribution in [-0.4, -0.2) is 33.1 Å². The van der Waals surface area contributed by atoms with Crippen LogP contribution >= 0.6 is 0 Å². The summed E-state index contributed by atoms with van der Waals surface area (Å²) in [5.74, 6) is 7.47. The molecule has 0 bridgehead atoms. The van der Waals surface area contributed by atoms with Crippen LogP contribution in [0.3, 0.4) is 0 Å². The quantitative estimate of drug-likeness (QED) is 0.477. The highest BCUT2D eigenvalue weighted by Crippen LogP contribution is 2.50. The summed E-state index contributed by atoms with van der Waals surface area (Å²) in [5.41, 5.74) is 2.03. The third-order valence-corrected chi connectivity index (χ3v) is 7.13. The first-order chi connectivity index (χ1) is 14.0. The first kappa shape index (κ1) is 25.2. The smallest absolute Gasteiger partial charge is 0.119 e. The molecule has 2 rings (SSSR count). The lowest BCUT2D eigenvalue weighted by molar-refractivity contribution is 0.0609. The molecule has 2 fully saturated rings. The van der Waals surface area contributed by atoms with Crippen molar-refractivity contribution >= 4 is 0 Å². The van der Waals surface area contributed by atoms with Crippen molar-refractivity contribution < 1.29 is 15.3 Å². The molecule has 0 aromatic rings. The Bertz CT molecular complexity index is 660. The fraction of sp³-hybridized carbons (Fsp3) is 0.778. The van der Waals surface area contributed by atoms with Gasteiger partial charge in [0.15, 0.2) is 0 Å². The minimum Gasteiger partial charge on any atom is -0.393 e. The fourth-order valence-corrected chi connectivity index (χ4v) is 5.53. The normalized spacial score (nSPS) is 32.7. The SMILES string of the molecule is C/C(=C/C=C1/CC(O)C[C@H](O)C1)CCC[C@@]1(C)CCCC1C(C)CC#CC(C)(C)O. The highest BCUT2D eigenvalue weighted by atomic mass is 16.3. The lowest BCUT2D eigenvalue weighted by atomic mass is 9.70. The molecule has 3 nitrogen and oxygen atoms in total. The van der Waals surface area contributed by atoms with Crippen molar-refractivity contribution in [2.24, 2.45) is 17.3 Å². The molecule has 0 aromatic carbocycles. The standard InChI is InChI=1S/C27H44O3/c1-20(12-13-22-17-23(28)19-24(29)18-22)9-6-15-27(5)16-8-11-25(27)21(2)10-7-14-26(3,4)30/h12-13,21,23-25,28-30H,6,8-11,15-19H2,1-5H3/b20-12-,22-13-/t21?,23?,24-,25?,27+/m1/s1. The fourth-order valence-electron chi connectivity index (χ4n) is 5.53. The molecule has 3 heteroatoms. The maximum atomic E-state index is 9.83. The minimum absolute atomic E-state index is 0.395.